The number of fused-ring (bicyclic) bond motifs is 1. The molecule has 1 fully saturated rings. The minimum absolute atomic E-state index is 0.0328. The quantitative estimate of drug-likeness (QED) is 0.711. The first-order valence-corrected chi connectivity index (χ1v) is 9.62. The van der Waals surface area contributed by atoms with Crippen molar-refractivity contribution in [2.75, 3.05) is 18.5 Å². The van der Waals surface area contributed by atoms with E-state index in [1.807, 2.05) is 30.3 Å². The highest BCUT2D eigenvalue weighted by atomic mass is 32.1. The Hall–Kier alpha value is -2.97. The molecule has 0 radical (unpaired) electrons. The van der Waals surface area contributed by atoms with Gasteiger partial charge in [-0.1, -0.05) is 30.3 Å². The van der Waals surface area contributed by atoms with E-state index in [0.29, 0.717) is 16.2 Å². The van der Waals surface area contributed by atoms with Gasteiger partial charge in [0.1, 0.15) is 10.6 Å². The molecule has 3 heterocycles. The highest BCUT2D eigenvalue weighted by Gasteiger charge is 2.36. The summed E-state index contributed by atoms with van der Waals surface area (Å²) in [7, 11) is 1.68. The van der Waals surface area contributed by atoms with E-state index in [1.165, 1.54) is 17.4 Å². The molecule has 28 heavy (non-hydrogen) atoms. The van der Waals surface area contributed by atoms with Gasteiger partial charge < -0.3 is 14.4 Å². The van der Waals surface area contributed by atoms with E-state index < -0.39 is 17.2 Å². The number of nitrogens with zero attached hydrogens (tertiary/aromatic N) is 2. The molecule has 1 atom stereocenters. The van der Waals surface area contributed by atoms with Crippen LogP contribution in [0.15, 0.2) is 51.7 Å². The zero-order valence-corrected chi connectivity index (χ0v) is 15.9. The molecule has 0 saturated carbocycles. The molecule has 7 nitrogen and oxygen atoms in total. The molecule has 144 valence electrons. The molecular formula is C20H18N2O5S. The van der Waals surface area contributed by atoms with E-state index in [4.69, 9.17) is 9.52 Å². The number of carbonyl (C=O) groups is 2. The van der Waals surface area contributed by atoms with Gasteiger partial charge in [0, 0.05) is 26.2 Å². The monoisotopic (exact) mass is 398 g/mol. The average Bonchev–Trinajstić information content (AvgIpc) is 3.07. The van der Waals surface area contributed by atoms with Crippen molar-refractivity contribution in [3.8, 4) is 0 Å². The Bertz CT molecular complexity index is 1100. The lowest BCUT2D eigenvalue weighted by atomic mass is 10.0. The Labute approximate surface area is 164 Å². The number of amides is 1. The smallest absolute Gasteiger partial charge is 0.351 e. The summed E-state index contributed by atoms with van der Waals surface area (Å²) in [6.45, 7) is 1.58. The van der Waals surface area contributed by atoms with Crippen LogP contribution >= 0.6 is 11.3 Å². The first-order chi connectivity index (χ1) is 13.4. The third kappa shape index (κ3) is 3.32. The van der Waals surface area contributed by atoms with Crippen molar-refractivity contribution in [1.82, 2.24) is 4.90 Å². The fourth-order valence-electron chi connectivity index (χ4n) is 3.27. The van der Waals surface area contributed by atoms with Crippen LogP contribution in [0.4, 0.5) is 5.00 Å². The van der Waals surface area contributed by atoms with E-state index in [2.05, 4.69) is 4.90 Å². The second kappa shape index (κ2) is 7.21. The number of likely N-dealkylation sites (N-methyl/N-ethyl adjacent to an activating group) is 1. The van der Waals surface area contributed by atoms with Crippen LogP contribution in [0.5, 0.6) is 0 Å². The van der Waals surface area contributed by atoms with Gasteiger partial charge in [0.05, 0.1) is 10.7 Å². The third-order valence-corrected chi connectivity index (χ3v) is 6.09. The number of carbonyl (C=O) groups excluding carboxylic acids is 1. The van der Waals surface area contributed by atoms with Crippen LogP contribution in [0, 0.1) is 0 Å². The highest BCUT2D eigenvalue weighted by Crippen LogP contribution is 2.33. The van der Waals surface area contributed by atoms with Crippen LogP contribution in [0.3, 0.4) is 0 Å². The number of thiophene rings is 1. The van der Waals surface area contributed by atoms with Gasteiger partial charge in [-0.05, 0) is 18.1 Å². The maximum atomic E-state index is 12.9. The summed E-state index contributed by atoms with van der Waals surface area (Å²) in [4.78, 5) is 39.5. The van der Waals surface area contributed by atoms with E-state index >= 15 is 0 Å². The van der Waals surface area contributed by atoms with E-state index in [0.717, 1.165) is 18.5 Å². The largest absolute Gasteiger partial charge is 0.477 e. The molecule has 0 spiro atoms. The molecule has 3 aromatic rings. The average molecular weight is 398 g/mol. The van der Waals surface area contributed by atoms with Crippen molar-refractivity contribution in [1.29, 1.82) is 0 Å². The van der Waals surface area contributed by atoms with E-state index in [-0.39, 0.29) is 17.5 Å². The van der Waals surface area contributed by atoms with Crippen molar-refractivity contribution in [3.05, 3.63) is 64.0 Å². The van der Waals surface area contributed by atoms with Gasteiger partial charge in [0.2, 0.25) is 5.91 Å². The SMILES string of the molecule is CN(C(=O)C1CCN1Cc1ccccc1)c1cc2oc(=O)c(C(=O)O)cc2s1. The Morgan fingerprint density at radius 3 is 2.68 bits per heavy atom. The van der Waals surface area contributed by atoms with Crippen molar-refractivity contribution in [3.63, 3.8) is 0 Å². The first-order valence-electron chi connectivity index (χ1n) is 8.80. The molecule has 2 aromatic heterocycles. The predicted octanol–water partition coefficient (Wildman–Crippen LogP) is 2.79. The van der Waals surface area contributed by atoms with Gasteiger partial charge in [-0.25, -0.2) is 9.59 Å². The molecule has 1 N–H and O–H groups in total. The first kappa shape index (κ1) is 18.4. The predicted molar refractivity (Wildman–Crippen MR) is 106 cm³/mol. The van der Waals surface area contributed by atoms with Crippen molar-refractivity contribution < 1.29 is 19.1 Å². The molecule has 1 amide bonds. The van der Waals surface area contributed by atoms with Gasteiger partial charge >= 0.3 is 11.6 Å². The maximum Gasteiger partial charge on any atom is 0.351 e. The van der Waals surface area contributed by atoms with Crippen LogP contribution in [-0.2, 0) is 11.3 Å². The summed E-state index contributed by atoms with van der Waals surface area (Å²) >= 11 is 1.22. The number of hydrogen-bond donors (Lipinski definition) is 1. The number of aromatic carboxylic acids is 1. The summed E-state index contributed by atoms with van der Waals surface area (Å²) < 4.78 is 5.61. The standard InChI is InChI=1S/C20H18N2O5S/c1-21(17-10-15-16(28-17)9-13(19(24)25)20(26)27-15)18(23)14-7-8-22(14)11-12-5-3-2-4-6-12/h2-6,9-10,14H,7-8,11H2,1H3,(H,24,25). The van der Waals surface area contributed by atoms with Crippen molar-refractivity contribution >= 4 is 38.5 Å². The molecule has 0 aliphatic carbocycles. The van der Waals surface area contributed by atoms with Gasteiger partial charge in [0.15, 0.2) is 5.58 Å². The molecule has 8 heteroatoms. The zero-order chi connectivity index (χ0) is 19.8. The van der Waals surface area contributed by atoms with Gasteiger partial charge in [-0.2, -0.15) is 0 Å². The van der Waals surface area contributed by atoms with Gasteiger partial charge in [0.25, 0.3) is 0 Å². The lowest BCUT2D eigenvalue weighted by Crippen LogP contribution is -2.55. The van der Waals surface area contributed by atoms with E-state index in [9.17, 15) is 14.4 Å². The molecule has 1 aromatic carbocycles. The number of benzene rings is 1. The Balaban J connectivity index is 1.53. The summed E-state index contributed by atoms with van der Waals surface area (Å²) in [6.07, 6.45) is 0.791. The summed E-state index contributed by atoms with van der Waals surface area (Å²) in [5.74, 6) is -1.37. The summed E-state index contributed by atoms with van der Waals surface area (Å²) in [5, 5.41) is 9.68. The normalized spacial score (nSPS) is 16.7. The highest BCUT2D eigenvalue weighted by molar-refractivity contribution is 7.22. The van der Waals surface area contributed by atoms with Crippen LogP contribution in [0.2, 0.25) is 0 Å². The Morgan fingerprint density at radius 2 is 2.04 bits per heavy atom. The topological polar surface area (TPSA) is 91.1 Å². The summed E-state index contributed by atoms with van der Waals surface area (Å²) in [5.41, 5.74) is 0.131. The van der Waals surface area contributed by atoms with Gasteiger partial charge in [-0.15, -0.1) is 11.3 Å². The number of hydrogen-bond acceptors (Lipinski definition) is 6. The van der Waals surface area contributed by atoms with Crippen LogP contribution in [0.1, 0.15) is 22.3 Å². The van der Waals surface area contributed by atoms with Crippen molar-refractivity contribution in [2.24, 2.45) is 0 Å². The molecule has 1 saturated heterocycles. The molecule has 0 bridgehead atoms. The minimum atomic E-state index is -1.33. The number of likely N-dealkylation sites (tertiary alicyclic amines) is 1. The van der Waals surface area contributed by atoms with E-state index in [1.54, 1.807) is 18.0 Å². The fraction of sp³-hybridized carbons (Fsp3) is 0.250. The van der Waals surface area contributed by atoms with Crippen molar-refractivity contribution in [2.45, 2.75) is 19.0 Å². The third-order valence-electron chi connectivity index (χ3n) is 4.95. The molecule has 1 aliphatic rings. The number of anilines is 1. The van der Waals surface area contributed by atoms with Crippen LogP contribution in [-0.4, -0.2) is 41.5 Å². The second-order valence-corrected chi connectivity index (χ2v) is 7.79. The number of carboxylic acids is 1. The number of rotatable bonds is 5. The minimum Gasteiger partial charge on any atom is -0.477 e. The second-order valence-electron chi connectivity index (χ2n) is 6.72. The summed E-state index contributed by atoms with van der Waals surface area (Å²) in [6, 6.07) is 12.7. The van der Waals surface area contributed by atoms with Gasteiger partial charge in [-0.3, -0.25) is 9.69 Å². The number of carboxylic acid groups (broad SMARTS) is 1. The Morgan fingerprint density at radius 1 is 1.29 bits per heavy atom. The van der Waals surface area contributed by atoms with Crippen LogP contribution < -0.4 is 10.5 Å². The lowest BCUT2D eigenvalue weighted by molar-refractivity contribution is -0.128. The molecule has 1 unspecified atom stereocenters. The Kier molecular flexibility index (Phi) is 4.74. The maximum absolute atomic E-state index is 12.9. The molecule has 4 rings (SSSR count). The lowest BCUT2D eigenvalue weighted by Gasteiger charge is -2.41. The fourth-order valence-corrected chi connectivity index (χ4v) is 4.27. The van der Waals surface area contributed by atoms with Crippen LogP contribution in [0.25, 0.3) is 10.3 Å². The molecular weight excluding hydrogens is 380 g/mol. The molecule has 1 aliphatic heterocycles. The zero-order valence-electron chi connectivity index (χ0n) is 15.1.